The number of rotatable bonds is 7. The molecule has 2 amide bonds. The second-order valence-electron chi connectivity index (χ2n) is 2.94. The van der Waals surface area contributed by atoms with E-state index in [2.05, 4.69) is 17.9 Å². The number of carboxylic acids is 1. The molecule has 0 radical (unpaired) electrons. The van der Waals surface area contributed by atoms with Crippen LogP contribution in [0.2, 0.25) is 0 Å². The van der Waals surface area contributed by atoms with Crippen LogP contribution < -0.4 is 11.1 Å². The van der Waals surface area contributed by atoms with Crippen molar-refractivity contribution < 1.29 is 19.5 Å². The molecule has 0 spiro atoms. The molecular weight excluding hydrogens is 220 g/mol. The Labute approximate surface area is 92.6 Å². The lowest BCUT2D eigenvalue weighted by Gasteiger charge is -2.12. The van der Waals surface area contributed by atoms with E-state index in [0.717, 1.165) is 0 Å². The molecule has 0 saturated carbocycles. The Morgan fingerprint density at radius 3 is 2.33 bits per heavy atom. The van der Waals surface area contributed by atoms with E-state index in [-0.39, 0.29) is 19.3 Å². The molecule has 0 aromatic rings. The molecule has 0 saturated heterocycles. The molecule has 0 heterocycles. The number of carboxylic acid groups (broad SMARTS) is 1. The first-order chi connectivity index (χ1) is 6.97. The Bertz CT molecular complexity index is 257. The summed E-state index contributed by atoms with van der Waals surface area (Å²) in [6.45, 7) is 0. The van der Waals surface area contributed by atoms with Gasteiger partial charge in [-0.1, -0.05) is 0 Å². The molecule has 7 heteroatoms. The lowest BCUT2D eigenvalue weighted by atomic mass is 10.1. The van der Waals surface area contributed by atoms with Gasteiger partial charge in [0.1, 0.15) is 6.04 Å². The van der Waals surface area contributed by atoms with E-state index in [1.165, 1.54) is 0 Å². The molecule has 15 heavy (non-hydrogen) atoms. The summed E-state index contributed by atoms with van der Waals surface area (Å²) in [5, 5.41) is 11.0. The maximum absolute atomic E-state index is 11.1. The van der Waals surface area contributed by atoms with Gasteiger partial charge in [-0.25, -0.2) is 4.79 Å². The predicted molar refractivity (Wildman–Crippen MR) is 56.5 cm³/mol. The number of amides is 2. The third-order valence-electron chi connectivity index (χ3n) is 1.65. The van der Waals surface area contributed by atoms with Gasteiger partial charge in [-0.15, -0.1) is 0 Å². The summed E-state index contributed by atoms with van der Waals surface area (Å²) in [5.41, 5.74) is 4.87. The topological polar surface area (TPSA) is 109 Å². The van der Waals surface area contributed by atoms with E-state index >= 15 is 0 Å². The van der Waals surface area contributed by atoms with Gasteiger partial charge in [0.25, 0.3) is 0 Å². The fourth-order valence-electron chi connectivity index (χ4n) is 0.912. The highest BCUT2D eigenvalue weighted by atomic mass is 32.1. The number of thiol groups is 1. The number of aliphatic carboxylic acids is 1. The fraction of sp³-hybridized carbons (Fsp3) is 0.625. The van der Waals surface area contributed by atoms with Crippen molar-refractivity contribution in [3.8, 4) is 0 Å². The lowest BCUT2D eigenvalue weighted by Crippen LogP contribution is -2.41. The van der Waals surface area contributed by atoms with Crippen LogP contribution >= 0.6 is 12.6 Å². The molecule has 0 aromatic heterocycles. The van der Waals surface area contributed by atoms with E-state index in [4.69, 9.17) is 10.8 Å². The van der Waals surface area contributed by atoms with Crippen molar-refractivity contribution in [2.24, 2.45) is 5.73 Å². The molecule has 0 fully saturated rings. The van der Waals surface area contributed by atoms with Gasteiger partial charge < -0.3 is 16.2 Å². The maximum Gasteiger partial charge on any atom is 0.326 e. The van der Waals surface area contributed by atoms with Crippen molar-refractivity contribution in [2.45, 2.75) is 25.3 Å². The summed E-state index contributed by atoms with van der Waals surface area (Å²) in [5.74, 6) is -1.83. The van der Waals surface area contributed by atoms with Crippen molar-refractivity contribution in [2.75, 3.05) is 5.75 Å². The Morgan fingerprint density at radius 1 is 1.33 bits per heavy atom. The monoisotopic (exact) mass is 234 g/mol. The summed E-state index contributed by atoms with van der Waals surface area (Å²) in [6.07, 6.45) is 0.0740. The van der Waals surface area contributed by atoms with Crippen molar-refractivity contribution in [3.63, 3.8) is 0 Å². The largest absolute Gasteiger partial charge is 0.480 e. The first-order valence-corrected chi connectivity index (χ1v) is 5.02. The predicted octanol–water partition coefficient (Wildman–Crippen LogP) is -0.859. The summed E-state index contributed by atoms with van der Waals surface area (Å²) >= 11 is 3.84. The van der Waals surface area contributed by atoms with Crippen molar-refractivity contribution in [3.05, 3.63) is 0 Å². The van der Waals surface area contributed by atoms with Crippen LogP contribution in [0.15, 0.2) is 0 Å². The maximum atomic E-state index is 11.1. The van der Waals surface area contributed by atoms with Gasteiger partial charge in [0.05, 0.1) is 0 Å². The van der Waals surface area contributed by atoms with Gasteiger partial charge in [-0.05, 0) is 12.2 Å². The molecule has 0 bridgehead atoms. The van der Waals surface area contributed by atoms with Gasteiger partial charge in [0, 0.05) is 12.8 Å². The van der Waals surface area contributed by atoms with Crippen LogP contribution in [-0.2, 0) is 14.4 Å². The van der Waals surface area contributed by atoms with Gasteiger partial charge in [-0.2, -0.15) is 12.6 Å². The standard InChI is InChI=1S/C8H14N2O4S/c9-6(11)2-1-5(8(13)14)10-7(12)3-4-15/h5,15H,1-4H2,(H2,9,11)(H,10,12)(H,13,14)/t5-/m0/s1. The summed E-state index contributed by atoms with van der Waals surface area (Å²) in [6, 6.07) is -1.06. The zero-order valence-corrected chi connectivity index (χ0v) is 9.00. The third-order valence-corrected chi connectivity index (χ3v) is 1.88. The zero-order chi connectivity index (χ0) is 11.8. The fourth-order valence-corrected chi connectivity index (χ4v) is 1.12. The van der Waals surface area contributed by atoms with E-state index in [1.54, 1.807) is 0 Å². The number of hydrogen-bond donors (Lipinski definition) is 4. The third kappa shape index (κ3) is 6.78. The van der Waals surface area contributed by atoms with Crippen LogP contribution in [0.25, 0.3) is 0 Å². The smallest absolute Gasteiger partial charge is 0.326 e. The van der Waals surface area contributed by atoms with Crippen LogP contribution in [0.5, 0.6) is 0 Å². The van der Waals surface area contributed by atoms with Crippen molar-refractivity contribution in [1.82, 2.24) is 5.32 Å². The van der Waals surface area contributed by atoms with Crippen LogP contribution in [0.4, 0.5) is 0 Å². The highest BCUT2D eigenvalue weighted by Gasteiger charge is 2.19. The average molecular weight is 234 g/mol. The minimum Gasteiger partial charge on any atom is -0.480 e. The zero-order valence-electron chi connectivity index (χ0n) is 8.10. The molecule has 1 atom stereocenters. The summed E-state index contributed by atoms with van der Waals surface area (Å²) < 4.78 is 0. The quantitative estimate of drug-likeness (QED) is 0.430. The van der Waals surface area contributed by atoms with Crippen LogP contribution in [0.1, 0.15) is 19.3 Å². The molecule has 0 rings (SSSR count). The van der Waals surface area contributed by atoms with E-state index in [1.807, 2.05) is 0 Å². The second kappa shape index (κ2) is 7.10. The number of hydrogen-bond acceptors (Lipinski definition) is 4. The van der Waals surface area contributed by atoms with E-state index in [9.17, 15) is 14.4 Å². The van der Waals surface area contributed by atoms with Crippen LogP contribution in [0, 0.1) is 0 Å². The summed E-state index contributed by atoms with van der Waals surface area (Å²) in [7, 11) is 0. The number of nitrogens with one attached hydrogen (secondary N) is 1. The second-order valence-corrected chi connectivity index (χ2v) is 3.38. The lowest BCUT2D eigenvalue weighted by molar-refractivity contribution is -0.142. The Kier molecular flexibility index (Phi) is 6.52. The average Bonchev–Trinajstić information content (AvgIpc) is 2.11. The first-order valence-electron chi connectivity index (χ1n) is 4.38. The number of carbonyl (C=O) groups is 3. The van der Waals surface area contributed by atoms with Gasteiger partial charge in [0.15, 0.2) is 0 Å². The minimum atomic E-state index is -1.18. The normalized spacial score (nSPS) is 11.8. The highest BCUT2D eigenvalue weighted by Crippen LogP contribution is 1.98. The highest BCUT2D eigenvalue weighted by molar-refractivity contribution is 7.80. The van der Waals surface area contributed by atoms with Crippen LogP contribution in [-0.4, -0.2) is 34.7 Å². The molecule has 0 aliphatic carbocycles. The first kappa shape index (κ1) is 13.8. The van der Waals surface area contributed by atoms with Crippen LogP contribution in [0.3, 0.4) is 0 Å². The molecular formula is C8H14N2O4S. The molecule has 4 N–H and O–H groups in total. The van der Waals surface area contributed by atoms with Gasteiger partial charge in [-0.3, -0.25) is 9.59 Å². The van der Waals surface area contributed by atoms with Gasteiger partial charge in [0.2, 0.25) is 11.8 Å². The molecule has 86 valence electrons. The Morgan fingerprint density at radius 2 is 1.93 bits per heavy atom. The molecule has 0 aromatic carbocycles. The van der Waals surface area contributed by atoms with E-state index in [0.29, 0.717) is 5.75 Å². The molecule has 0 aliphatic heterocycles. The molecule has 6 nitrogen and oxygen atoms in total. The number of nitrogens with two attached hydrogens (primary N) is 1. The van der Waals surface area contributed by atoms with E-state index < -0.39 is 23.8 Å². The van der Waals surface area contributed by atoms with Gasteiger partial charge >= 0.3 is 5.97 Å². The molecule has 0 unspecified atom stereocenters. The van der Waals surface area contributed by atoms with Crippen molar-refractivity contribution >= 4 is 30.4 Å². The number of carbonyl (C=O) groups excluding carboxylic acids is 2. The van der Waals surface area contributed by atoms with Crippen molar-refractivity contribution in [1.29, 1.82) is 0 Å². The SMILES string of the molecule is NC(=O)CC[C@H](NC(=O)CCS)C(=O)O. The summed E-state index contributed by atoms with van der Waals surface area (Å²) in [4.78, 5) is 32.2. The Hall–Kier alpha value is -1.24. The Balaban J connectivity index is 4.10. The minimum absolute atomic E-state index is 0.00295. The molecule has 0 aliphatic rings. The number of primary amides is 1.